The van der Waals surface area contributed by atoms with E-state index in [1.54, 1.807) is 12.1 Å². The first-order valence-corrected chi connectivity index (χ1v) is 9.16. The molecular formula is C16H26N2O2S. The first kappa shape index (κ1) is 16.5. The second-order valence-electron chi connectivity index (χ2n) is 6.26. The van der Waals surface area contributed by atoms with Crippen LogP contribution in [0.1, 0.15) is 38.7 Å². The van der Waals surface area contributed by atoms with E-state index in [-0.39, 0.29) is 6.04 Å². The van der Waals surface area contributed by atoms with Gasteiger partial charge in [-0.05, 0) is 55.8 Å². The van der Waals surface area contributed by atoms with E-state index in [9.17, 15) is 8.42 Å². The van der Waals surface area contributed by atoms with Gasteiger partial charge in [-0.1, -0.05) is 26.0 Å². The van der Waals surface area contributed by atoms with Crippen LogP contribution >= 0.6 is 0 Å². The second kappa shape index (κ2) is 6.90. The Hall–Kier alpha value is -0.910. The monoisotopic (exact) mass is 310 g/mol. The van der Waals surface area contributed by atoms with Crippen molar-refractivity contribution in [2.75, 3.05) is 7.05 Å². The van der Waals surface area contributed by atoms with Crippen molar-refractivity contribution in [1.29, 1.82) is 0 Å². The van der Waals surface area contributed by atoms with Crippen molar-refractivity contribution in [3.63, 3.8) is 0 Å². The van der Waals surface area contributed by atoms with E-state index in [1.165, 1.54) is 0 Å². The molecule has 1 fully saturated rings. The molecule has 1 aromatic rings. The lowest BCUT2D eigenvalue weighted by atomic mass is 9.79. The Kier molecular flexibility index (Phi) is 5.41. The van der Waals surface area contributed by atoms with Crippen molar-refractivity contribution < 1.29 is 8.42 Å². The number of hydrogen-bond donors (Lipinski definition) is 2. The van der Waals surface area contributed by atoms with Gasteiger partial charge < -0.3 is 5.32 Å². The van der Waals surface area contributed by atoms with Gasteiger partial charge in [0.05, 0.1) is 4.90 Å². The molecule has 0 bridgehead atoms. The van der Waals surface area contributed by atoms with Crippen molar-refractivity contribution >= 4 is 10.0 Å². The van der Waals surface area contributed by atoms with Gasteiger partial charge in [0.15, 0.2) is 0 Å². The van der Waals surface area contributed by atoms with Gasteiger partial charge in [0.25, 0.3) is 0 Å². The molecule has 1 aromatic carbocycles. The molecule has 0 aromatic heterocycles. The topological polar surface area (TPSA) is 58.2 Å². The fourth-order valence-corrected chi connectivity index (χ4v) is 4.22. The van der Waals surface area contributed by atoms with Crippen molar-refractivity contribution in [3.8, 4) is 0 Å². The van der Waals surface area contributed by atoms with Crippen LogP contribution in [0.5, 0.6) is 0 Å². The first-order chi connectivity index (χ1) is 9.92. The molecule has 0 heterocycles. The largest absolute Gasteiger partial charge is 0.316 e. The summed E-state index contributed by atoms with van der Waals surface area (Å²) in [6, 6.07) is 7.15. The van der Waals surface area contributed by atoms with Gasteiger partial charge in [0.1, 0.15) is 0 Å². The molecule has 21 heavy (non-hydrogen) atoms. The summed E-state index contributed by atoms with van der Waals surface area (Å²) in [5, 5.41) is 3.05. The molecule has 0 saturated heterocycles. The van der Waals surface area contributed by atoms with Crippen molar-refractivity contribution in [1.82, 2.24) is 10.0 Å². The molecule has 1 aliphatic carbocycles. The number of rotatable bonds is 5. The van der Waals surface area contributed by atoms with Crippen LogP contribution in [-0.4, -0.2) is 21.5 Å². The van der Waals surface area contributed by atoms with Gasteiger partial charge in [-0.15, -0.1) is 0 Å². The third-order valence-corrected chi connectivity index (χ3v) is 6.07. The Morgan fingerprint density at radius 1 is 1.10 bits per heavy atom. The molecular weight excluding hydrogens is 284 g/mol. The zero-order valence-corrected chi connectivity index (χ0v) is 13.9. The summed E-state index contributed by atoms with van der Waals surface area (Å²) in [4.78, 5) is 0.355. The van der Waals surface area contributed by atoms with Gasteiger partial charge >= 0.3 is 0 Å². The lowest BCUT2D eigenvalue weighted by Gasteiger charge is -2.32. The molecule has 1 aliphatic rings. The maximum atomic E-state index is 12.4. The highest BCUT2D eigenvalue weighted by atomic mass is 32.2. The Morgan fingerprint density at radius 3 is 2.33 bits per heavy atom. The summed E-state index contributed by atoms with van der Waals surface area (Å²) in [5.41, 5.74) is 1.08. The summed E-state index contributed by atoms with van der Waals surface area (Å²) in [6.45, 7) is 5.19. The maximum absolute atomic E-state index is 12.4. The molecule has 0 radical (unpaired) electrons. The van der Waals surface area contributed by atoms with Crippen LogP contribution in [0, 0.1) is 11.8 Å². The standard InChI is InChI=1S/C16H26N2O2S/c1-12-4-7-15(10-13(12)2)18-21(19,20)16-8-5-14(6-9-16)11-17-3/h5-6,8-9,12-13,15,17-18H,4,7,10-11H2,1-3H3. The fourth-order valence-electron chi connectivity index (χ4n) is 2.93. The number of hydrogen-bond acceptors (Lipinski definition) is 3. The first-order valence-electron chi connectivity index (χ1n) is 7.68. The summed E-state index contributed by atoms with van der Waals surface area (Å²) < 4.78 is 27.7. The van der Waals surface area contributed by atoms with Crippen LogP contribution < -0.4 is 10.0 Å². The predicted octanol–water partition coefficient (Wildman–Crippen LogP) is 2.51. The van der Waals surface area contributed by atoms with E-state index in [0.29, 0.717) is 16.7 Å². The van der Waals surface area contributed by atoms with Crippen molar-refractivity contribution in [3.05, 3.63) is 29.8 Å². The minimum atomic E-state index is -3.40. The number of benzene rings is 1. The molecule has 2 rings (SSSR count). The lowest BCUT2D eigenvalue weighted by molar-refractivity contribution is 0.242. The number of sulfonamides is 1. The minimum absolute atomic E-state index is 0.0678. The van der Waals surface area contributed by atoms with Crippen LogP contribution in [-0.2, 0) is 16.6 Å². The Labute approximate surface area is 128 Å². The normalized spacial score (nSPS) is 26.7. The molecule has 4 nitrogen and oxygen atoms in total. The van der Waals surface area contributed by atoms with E-state index >= 15 is 0 Å². The quantitative estimate of drug-likeness (QED) is 0.878. The smallest absolute Gasteiger partial charge is 0.240 e. The minimum Gasteiger partial charge on any atom is -0.316 e. The Balaban J connectivity index is 2.04. The molecule has 3 unspecified atom stereocenters. The van der Waals surface area contributed by atoms with E-state index in [2.05, 4.69) is 23.9 Å². The SMILES string of the molecule is CNCc1ccc(S(=O)(=O)NC2CCC(C)C(C)C2)cc1. The maximum Gasteiger partial charge on any atom is 0.240 e. The molecule has 118 valence electrons. The van der Waals surface area contributed by atoms with Crippen LogP contribution in [0.4, 0.5) is 0 Å². The van der Waals surface area contributed by atoms with Gasteiger partial charge in [-0.2, -0.15) is 0 Å². The Bertz CT molecular complexity index is 554. The van der Waals surface area contributed by atoms with Crippen LogP contribution in [0.15, 0.2) is 29.2 Å². The van der Waals surface area contributed by atoms with Gasteiger partial charge in [0, 0.05) is 12.6 Å². The Morgan fingerprint density at radius 2 is 1.76 bits per heavy atom. The van der Waals surface area contributed by atoms with E-state index in [1.807, 2.05) is 19.2 Å². The summed E-state index contributed by atoms with van der Waals surface area (Å²) in [5.74, 6) is 1.26. The van der Waals surface area contributed by atoms with Gasteiger partial charge in [0.2, 0.25) is 10.0 Å². The van der Waals surface area contributed by atoms with Crippen molar-refractivity contribution in [2.24, 2.45) is 11.8 Å². The second-order valence-corrected chi connectivity index (χ2v) is 7.97. The van der Waals surface area contributed by atoms with E-state index in [4.69, 9.17) is 0 Å². The summed E-state index contributed by atoms with van der Waals surface area (Å²) in [6.07, 6.45) is 2.95. The lowest BCUT2D eigenvalue weighted by Crippen LogP contribution is -2.39. The summed E-state index contributed by atoms with van der Waals surface area (Å²) >= 11 is 0. The molecule has 5 heteroatoms. The average Bonchev–Trinajstić information content (AvgIpc) is 2.44. The molecule has 0 amide bonds. The van der Waals surface area contributed by atoms with Crippen LogP contribution in [0.3, 0.4) is 0 Å². The fraction of sp³-hybridized carbons (Fsp3) is 0.625. The number of nitrogens with one attached hydrogen (secondary N) is 2. The summed E-state index contributed by atoms with van der Waals surface area (Å²) in [7, 11) is -1.53. The van der Waals surface area contributed by atoms with Gasteiger partial charge in [-0.3, -0.25) is 0 Å². The third kappa shape index (κ3) is 4.28. The molecule has 3 atom stereocenters. The molecule has 1 saturated carbocycles. The average molecular weight is 310 g/mol. The highest BCUT2D eigenvalue weighted by molar-refractivity contribution is 7.89. The van der Waals surface area contributed by atoms with E-state index < -0.39 is 10.0 Å². The predicted molar refractivity (Wildman–Crippen MR) is 85.5 cm³/mol. The van der Waals surface area contributed by atoms with Crippen LogP contribution in [0.2, 0.25) is 0 Å². The highest BCUT2D eigenvalue weighted by Gasteiger charge is 2.28. The van der Waals surface area contributed by atoms with Crippen LogP contribution in [0.25, 0.3) is 0 Å². The zero-order chi connectivity index (χ0) is 15.5. The van der Waals surface area contributed by atoms with Crippen molar-refractivity contribution in [2.45, 2.75) is 50.6 Å². The molecule has 0 aliphatic heterocycles. The van der Waals surface area contributed by atoms with Gasteiger partial charge in [-0.25, -0.2) is 13.1 Å². The highest BCUT2D eigenvalue weighted by Crippen LogP contribution is 2.30. The molecule has 0 spiro atoms. The third-order valence-electron chi connectivity index (χ3n) is 4.53. The molecule has 2 N–H and O–H groups in total. The zero-order valence-electron chi connectivity index (χ0n) is 13.1. The van der Waals surface area contributed by atoms with E-state index in [0.717, 1.165) is 31.4 Å².